The lowest BCUT2D eigenvalue weighted by molar-refractivity contribution is -0.272. The van der Waals surface area contributed by atoms with Crippen LogP contribution in [0.25, 0.3) is 11.2 Å². The molecule has 0 saturated carbocycles. The van der Waals surface area contributed by atoms with Crippen LogP contribution in [0, 0.1) is 6.92 Å². The predicted molar refractivity (Wildman–Crippen MR) is 93.2 cm³/mol. The summed E-state index contributed by atoms with van der Waals surface area (Å²) in [6, 6.07) is 0. The quantitative estimate of drug-likeness (QED) is 0.336. The minimum atomic E-state index is -4.28. The van der Waals surface area contributed by atoms with Gasteiger partial charge in [-0.3, -0.25) is 9.09 Å². The van der Waals surface area contributed by atoms with Crippen molar-refractivity contribution < 1.29 is 34.0 Å². The second-order valence-corrected chi connectivity index (χ2v) is 8.03. The summed E-state index contributed by atoms with van der Waals surface area (Å²) in [6.45, 7) is 1.02. The van der Waals surface area contributed by atoms with Gasteiger partial charge in [-0.25, -0.2) is 23.9 Å². The van der Waals surface area contributed by atoms with Crippen LogP contribution in [0.4, 0.5) is 5.95 Å². The Hall–Kier alpha value is -2.61. The second kappa shape index (κ2) is 7.02. The van der Waals surface area contributed by atoms with E-state index in [1.54, 1.807) is 0 Å². The van der Waals surface area contributed by atoms with E-state index in [-0.39, 0.29) is 22.9 Å². The zero-order valence-corrected chi connectivity index (χ0v) is 15.8. The Morgan fingerprint density at radius 1 is 1.34 bits per heavy atom. The third-order valence-corrected chi connectivity index (χ3v) is 5.95. The van der Waals surface area contributed by atoms with E-state index < -0.39 is 44.8 Å². The molecule has 3 aromatic rings. The lowest BCUT2D eigenvalue weighted by atomic mass is 10.1. The lowest BCUT2D eigenvalue weighted by Gasteiger charge is -2.19. The first kappa shape index (κ1) is 19.7. The largest absolute Gasteiger partial charge is 0.857 e. The first-order chi connectivity index (χ1) is 13.7. The highest BCUT2D eigenvalue weighted by atomic mass is 31.2. The summed E-state index contributed by atoms with van der Waals surface area (Å²) in [5.41, 5.74) is 5.42. The summed E-state index contributed by atoms with van der Waals surface area (Å²) in [5, 5.41) is 32.5. The number of hydrogen-bond acceptors (Lipinski definition) is 11. The lowest BCUT2D eigenvalue weighted by Crippen LogP contribution is -2.33. The predicted octanol–water partition coefficient (Wildman–Crippen LogP) is -1.73. The molecule has 3 aromatic heterocycles. The molecule has 0 amide bonds. The monoisotopic (exact) mass is 426 g/mol. The first-order valence-electron chi connectivity index (χ1n) is 8.36. The Labute approximate surface area is 162 Å². The zero-order valence-electron chi connectivity index (χ0n) is 14.9. The molecule has 1 unspecified atom stereocenters. The Bertz CT molecular complexity index is 1100. The minimum absolute atomic E-state index is 0.0159. The molecule has 29 heavy (non-hydrogen) atoms. The van der Waals surface area contributed by atoms with Crippen molar-refractivity contribution >= 4 is 24.9 Å². The molecular formula is C14H17N7O7P-. The fourth-order valence-corrected chi connectivity index (χ4v) is 4.17. The number of aliphatic hydroxyl groups is 2. The van der Waals surface area contributed by atoms with Crippen molar-refractivity contribution in [3.63, 3.8) is 0 Å². The SMILES string of the molecule is Cc1nccn1P(=O)(O)OC[C@@H]1O[C@H](n2cnc3c([O-])nc(N)nc32)[C@@H](O)[C@H]1O. The van der Waals surface area contributed by atoms with E-state index in [0.29, 0.717) is 0 Å². The van der Waals surface area contributed by atoms with E-state index >= 15 is 0 Å². The summed E-state index contributed by atoms with van der Waals surface area (Å²) in [7, 11) is -4.28. The fraction of sp³-hybridized carbons (Fsp3) is 0.429. The summed E-state index contributed by atoms with van der Waals surface area (Å²) in [4.78, 5) is 25.2. The highest BCUT2D eigenvalue weighted by Crippen LogP contribution is 2.45. The van der Waals surface area contributed by atoms with Gasteiger partial charge in [0.15, 0.2) is 11.9 Å². The summed E-state index contributed by atoms with van der Waals surface area (Å²) < 4.78 is 25.2. The number of anilines is 1. The average Bonchev–Trinajstić information content (AvgIpc) is 3.33. The molecule has 156 valence electrons. The summed E-state index contributed by atoms with van der Waals surface area (Å²) >= 11 is 0. The average molecular weight is 426 g/mol. The highest BCUT2D eigenvalue weighted by molar-refractivity contribution is 7.51. The smallest absolute Gasteiger partial charge is 0.437 e. The molecule has 0 aromatic carbocycles. The van der Waals surface area contributed by atoms with E-state index in [9.17, 15) is 24.8 Å². The molecule has 1 saturated heterocycles. The van der Waals surface area contributed by atoms with Crippen LogP contribution < -0.4 is 10.8 Å². The number of nitrogens with zero attached hydrogens (tertiary/aromatic N) is 6. The summed E-state index contributed by atoms with van der Waals surface area (Å²) in [6.07, 6.45) is -1.44. The van der Waals surface area contributed by atoms with Crippen molar-refractivity contribution in [2.75, 3.05) is 12.3 Å². The molecule has 1 aliphatic rings. The van der Waals surface area contributed by atoms with Crippen molar-refractivity contribution in [3.8, 4) is 5.88 Å². The van der Waals surface area contributed by atoms with Gasteiger partial charge >= 0.3 is 7.75 Å². The Morgan fingerprint density at radius 2 is 2.10 bits per heavy atom. The number of nitrogens with two attached hydrogens (primary N) is 1. The van der Waals surface area contributed by atoms with E-state index in [2.05, 4.69) is 19.9 Å². The van der Waals surface area contributed by atoms with E-state index in [1.165, 1.54) is 30.2 Å². The number of imidazole rings is 2. The Morgan fingerprint density at radius 3 is 2.79 bits per heavy atom. The number of rotatable bonds is 5. The maximum absolute atomic E-state index is 12.4. The van der Waals surface area contributed by atoms with Crippen molar-refractivity contribution in [2.45, 2.75) is 31.5 Å². The van der Waals surface area contributed by atoms with Gasteiger partial charge < -0.3 is 30.7 Å². The van der Waals surface area contributed by atoms with E-state index in [1.807, 2.05) is 0 Å². The molecule has 5 N–H and O–H groups in total. The maximum Gasteiger partial charge on any atom is 0.437 e. The number of aromatic nitrogens is 6. The molecule has 1 fully saturated rings. The normalized spacial score (nSPS) is 26.8. The molecule has 0 aliphatic carbocycles. The molecule has 0 spiro atoms. The van der Waals surface area contributed by atoms with Gasteiger partial charge in [0.05, 0.1) is 12.9 Å². The highest BCUT2D eigenvalue weighted by Gasteiger charge is 2.45. The number of fused-ring (bicyclic) bond motifs is 1. The molecule has 4 heterocycles. The maximum atomic E-state index is 12.4. The van der Waals surface area contributed by atoms with Crippen molar-refractivity contribution in [3.05, 3.63) is 24.5 Å². The molecule has 1 aliphatic heterocycles. The third kappa shape index (κ3) is 3.35. The van der Waals surface area contributed by atoms with Gasteiger partial charge in [-0.05, 0) is 6.92 Å². The molecule has 4 rings (SSSR count). The van der Waals surface area contributed by atoms with E-state index in [4.69, 9.17) is 15.0 Å². The van der Waals surface area contributed by atoms with Crippen LogP contribution in [0.15, 0.2) is 18.7 Å². The number of aryl methyl sites for hydroxylation is 1. The van der Waals surface area contributed by atoms with Gasteiger partial charge in [-0.2, -0.15) is 4.98 Å². The van der Waals surface area contributed by atoms with Crippen molar-refractivity contribution in [2.24, 2.45) is 0 Å². The van der Waals surface area contributed by atoms with Gasteiger partial charge in [0.1, 0.15) is 29.7 Å². The molecule has 5 atom stereocenters. The molecule has 0 radical (unpaired) electrons. The van der Waals surface area contributed by atoms with Crippen LogP contribution in [0.5, 0.6) is 5.88 Å². The molecule has 0 bridgehead atoms. The van der Waals surface area contributed by atoms with Crippen molar-refractivity contribution in [1.29, 1.82) is 0 Å². The number of aliphatic hydroxyl groups excluding tert-OH is 2. The Kier molecular flexibility index (Phi) is 4.77. The van der Waals surface area contributed by atoms with Crippen LogP contribution in [-0.2, 0) is 13.8 Å². The molecule has 15 heteroatoms. The van der Waals surface area contributed by atoms with Crippen LogP contribution in [0.3, 0.4) is 0 Å². The first-order valence-corrected chi connectivity index (χ1v) is 9.89. The van der Waals surface area contributed by atoms with Crippen molar-refractivity contribution in [1.82, 2.24) is 28.8 Å². The molecule has 14 nitrogen and oxygen atoms in total. The van der Waals surface area contributed by atoms with Crippen LogP contribution in [0.1, 0.15) is 12.1 Å². The third-order valence-electron chi connectivity index (χ3n) is 4.50. The van der Waals surface area contributed by atoms with Gasteiger partial charge in [-0.1, -0.05) is 0 Å². The minimum Gasteiger partial charge on any atom is -0.857 e. The van der Waals surface area contributed by atoms with Crippen LogP contribution in [0.2, 0.25) is 0 Å². The molecular weight excluding hydrogens is 409 g/mol. The van der Waals surface area contributed by atoms with Gasteiger partial charge in [-0.15, -0.1) is 0 Å². The zero-order chi connectivity index (χ0) is 20.9. The number of hydrogen-bond donors (Lipinski definition) is 4. The van der Waals surface area contributed by atoms with Crippen LogP contribution in [-0.4, -0.2) is 68.9 Å². The van der Waals surface area contributed by atoms with Gasteiger partial charge in [0.25, 0.3) is 0 Å². The number of ether oxygens (including phenoxy) is 1. The van der Waals surface area contributed by atoms with E-state index in [0.717, 1.165) is 4.34 Å². The summed E-state index contributed by atoms with van der Waals surface area (Å²) in [5.74, 6) is -0.720. The fourth-order valence-electron chi connectivity index (χ4n) is 3.06. The van der Waals surface area contributed by atoms with Gasteiger partial charge in [0, 0.05) is 18.3 Å². The standard InChI is InChI=1S/C14H18N7O7P/c1-6-16-2-3-21(6)29(25,26)27-4-7-9(22)10(23)13(28-7)20-5-17-8-11(20)18-14(15)19-12(8)24/h2-3,5,7,9-10,13,22-23H,4H2,1H3,(H,25,26)(H3,15,18,19,24)/p-1/t7-,9-,10-,13-/m0/s1. The van der Waals surface area contributed by atoms with Gasteiger partial charge in [0.2, 0.25) is 5.95 Å². The van der Waals surface area contributed by atoms with Crippen LogP contribution >= 0.6 is 7.75 Å². The second-order valence-electron chi connectivity index (χ2n) is 6.36. The number of nitrogen functional groups attached to an aromatic ring is 1. The topological polar surface area (TPSA) is 207 Å². The Balaban J connectivity index is 1.55.